The molecule has 0 bridgehead atoms. The van der Waals surface area contributed by atoms with Crippen LogP contribution in [0.3, 0.4) is 0 Å². The molecule has 1 unspecified atom stereocenters. The minimum atomic E-state index is -0.727. The number of aliphatic hydroxyl groups excluding tert-OH is 1. The Morgan fingerprint density at radius 1 is 0.841 bits per heavy atom. The Kier molecular flexibility index (Phi) is 17.8. The van der Waals surface area contributed by atoms with Crippen molar-refractivity contribution in [3.63, 3.8) is 0 Å². The average Bonchev–Trinajstić information content (AvgIpc) is 3.85. The van der Waals surface area contributed by atoms with Gasteiger partial charge in [0.15, 0.2) is 0 Å². The molecule has 0 radical (unpaired) electrons. The standard InChI is InChI=1S/C50H70N10O9/c1-35(34-65-3)53-49-52-31-40-41(33-59(47(40)55-49)38-11-13-39(61)14-12-38)37-9-7-36(8-10-37)32-58-20-18-57(19-21-58)22-24-67-26-28-69-30-29-68-27-25-66-23-17-51-42-5-4-6-43-46(42)56(2)50(64)60(43)44-15-16-45(62)54-48(44)63/h4-10,31,33,35,38-39,44,51,61H,11-30,32,34H2,1-3H3,(H,52,53,55)(H,54,62,63)/t35-,38-,39-,44?/m0/s1. The third-order valence-electron chi connectivity index (χ3n) is 13.4. The molecule has 5 aromatic rings. The van der Waals surface area contributed by atoms with Gasteiger partial charge in [0.05, 0.1) is 82.3 Å². The Bertz CT molecular complexity index is 2510. The zero-order valence-corrected chi connectivity index (χ0v) is 40.4. The topological polar surface area (TPSA) is 201 Å². The molecule has 2 atom stereocenters. The predicted octanol–water partition coefficient (Wildman–Crippen LogP) is 3.95. The maximum absolute atomic E-state index is 13.1. The fourth-order valence-corrected chi connectivity index (χ4v) is 9.70. The molecule has 1 saturated carbocycles. The molecule has 0 spiro atoms. The maximum Gasteiger partial charge on any atom is 0.329 e. The van der Waals surface area contributed by atoms with Crippen molar-refractivity contribution in [3.05, 3.63) is 70.9 Å². The molecular weight excluding hydrogens is 885 g/mol. The summed E-state index contributed by atoms with van der Waals surface area (Å²) in [7, 11) is 3.37. The fraction of sp³-hybridized carbons (Fsp3) is 0.580. The fourth-order valence-electron chi connectivity index (χ4n) is 9.70. The summed E-state index contributed by atoms with van der Waals surface area (Å²) in [6.45, 7) is 13.0. The van der Waals surface area contributed by atoms with Crippen molar-refractivity contribution < 1.29 is 38.4 Å². The van der Waals surface area contributed by atoms with Crippen molar-refractivity contribution >= 4 is 45.5 Å². The van der Waals surface area contributed by atoms with Crippen LogP contribution in [0.15, 0.2) is 59.7 Å². The highest BCUT2D eigenvalue weighted by atomic mass is 16.6. The van der Waals surface area contributed by atoms with Gasteiger partial charge in [0, 0.05) is 102 Å². The first-order chi connectivity index (χ1) is 33.7. The Morgan fingerprint density at radius 2 is 1.52 bits per heavy atom. The van der Waals surface area contributed by atoms with Gasteiger partial charge in [-0.1, -0.05) is 30.3 Å². The Balaban J connectivity index is 0.664. The molecular formula is C50H70N10O9. The van der Waals surface area contributed by atoms with Gasteiger partial charge >= 0.3 is 5.69 Å². The summed E-state index contributed by atoms with van der Waals surface area (Å²) in [4.78, 5) is 52.0. The number of nitrogens with one attached hydrogen (secondary N) is 3. The van der Waals surface area contributed by atoms with Gasteiger partial charge in [0.25, 0.3) is 0 Å². The van der Waals surface area contributed by atoms with E-state index in [4.69, 9.17) is 28.7 Å². The number of imide groups is 1. The molecule has 5 heterocycles. The first-order valence-electron chi connectivity index (χ1n) is 24.6. The highest BCUT2D eigenvalue weighted by Gasteiger charge is 2.32. The quantitative estimate of drug-likeness (QED) is 0.0484. The van der Waals surface area contributed by atoms with Crippen LogP contribution >= 0.6 is 0 Å². The van der Waals surface area contributed by atoms with Crippen LogP contribution in [0.25, 0.3) is 33.2 Å². The van der Waals surface area contributed by atoms with Crippen molar-refractivity contribution in [2.75, 3.05) is 116 Å². The third-order valence-corrected chi connectivity index (χ3v) is 13.4. The number of fused-ring (bicyclic) bond motifs is 2. The van der Waals surface area contributed by atoms with Gasteiger partial charge in [0.2, 0.25) is 17.8 Å². The van der Waals surface area contributed by atoms with E-state index in [0.717, 1.165) is 92.8 Å². The minimum Gasteiger partial charge on any atom is -0.393 e. The smallest absolute Gasteiger partial charge is 0.329 e. The molecule has 3 aromatic heterocycles. The first kappa shape index (κ1) is 50.1. The Labute approximate surface area is 403 Å². The van der Waals surface area contributed by atoms with E-state index in [1.807, 2.05) is 24.4 Å². The van der Waals surface area contributed by atoms with Gasteiger partial charge < -0.3 is 44.0 Å². The van der Waals surface area contributed by atoms with Gasteiger partial charge in [0.1, 0.15) is 11.7 Å². The Hall–Kier alpha value is -5.25. The number of piperazine rings is 1. The molecule has 19 heteroatoms. The lowest BCUT2D eigenvalue weighted by molar-refractivity contribution is -0.135. The number of nitrogens with zero attached hydrogens (tertiary/aromatic N) is 7. The van der Waals surface area contributed by atoms with Crippen molar-refractivity contribution in [3.8, 4) is 11.1 Å². The van der Waals surface area contributed by atoms with E-state index in [1.54, 1.807) is 14.2 Å². The predicted molar refractivity (Wildman–Crippen MR) is 264 cm³/mol. The normalized spacial score (nSPS) is 19.9. The van der Waals surface area contributed by atoms with Gasteiger partial charge in [-0.3, -0.25) is 33.8 Å². The van der Waals surface area contributed by atoms with E-state index in [1.165, 1.54) is 14.7 Å². The van der Waals surface area contributed by atoms with Crippen molar-refractivity contribution in [2.45, 2.75) is 76.2 Å². The highest BCUT2D eigenvalue weighted by Crippen LogP contribution is 2.37. The number of anilines is 2. The summed E-state index contributed by atoms with van der Waals surface area (Å²) in [6, 6.07) is 14.1. The number of carbonyl (C=O) groups is 2. The number of hydrogen-bond donors (Lipinski definition) is 4. The third kappa shape index (κ3) is 12.9. The number of rotatable bonds is 25. The number of aliphatic hydroxyl groups is 1. The zero-order chi connectivity index (χ0) is 48.1. The SMILES string of the molecule is COC[C@H](C)Nc1ncc2c(-c3ccc(CN4CCN(CCOCCOCCOCCOCCNc5cccc6c5n(C)c(=O)n6C5CCC(=O)NC5=O)CC4)cc3)cn([C@H]3CC[C@H](O)CC3)c2n1. The number of hydrogen-bond acceptors (Lipinski definition) is 15. The lowest BCUT2D eigenvalue weighted by Crippen LogP contribution is -2.46. The van der Waals surface area contributed by atoms with Crippen LogP contribution in [0, 0.1) is 0 Å². The maximum atomic E-state index is 13.1. The number of carbonyl (C=O) groups excluding carboxylic acids is 2. The summed E-state index contributed by atoms with van der Waals surface area (Å²) in [5.74, 6) is -0.179. The number of piperidine rings is 1. The second-order valence-electron chi connectivity index (χ2n) is 18.4. The molecule has 8 rings (SSSR count). The molecule has 374 valence electrons. The van der Waals surface area contributed by atoms with E-state index < -0.39 is 11.9 Å². The van der Waals surface area contributed by atoms with Crippen LogP contribution in [-0.4, -0.2) is 168 Å². The summed E-state index contributed by atoms with van der Waals surface area (Å²) >= 11 is 0. The van der Waals surface area contributed by atoms with Gasteiger partial charge in [-0.05, 0) is 62.3 Å². The van der Waals surface area contributed by atoms with E-state index in [0.29, 0.717) is 83.0 Å². The number of methoxy groups -OCH3 is 1. The minimum absolute atomic E-state index is 0.0816. The number of aryl methyl sites for hydroxylation is 1. The van der Waals surface area contributed by atoms with E-state index >= 15 is 0 Å². The number of para-hydroxylation sites is 1. The first-order valence-corrected chi connectivity index (χ1v) is 24.6. The number of aromatic nitrogens is 5. The van der Waals surface area contributed by atoms with Crippen molar-refractivity contribution in [2.24, 2.45) is 7.05 Å². The zero-order valence-electron chi connectivity index (χ0n) is 40.4. The van der Waals surface area contributed by atoms with Crippen LogP contribution in [0.2, 0.25) is 0 Å². The molecule has 1 aliphatic carbocycles. The lowest BCUT2D eigenvalue weighted by Gasteiger charge is -2.34. The van der Waals surface area contributed by atoms with E-state index in [2.05, 4.69) is 72.7 Å². The largest absolute Gasteiger partial charge is 0.393 e. The summed E-state index contributed by atoms with van der Waals surface area (Å²) in [5, 5.41) is 20.3. The van der Waals surface area contributed by atoms with Crippen LogP contribution in [0.5, 0.6) is 0 Å². The average molecular weight is 955 g/mol. The molecule has 19 nitrogen and oxygen atoms in total. The van der Waals surface area contributed by atoms with Crippen LogP contribution in [-0.2, 0) is 46.9 Å². The summed E-state index contributed by atoms with van der Waals surface area (Å²) < 4.78 is 33.6. The highest BCUT2D eigenvalue weighted by molar-refractivity contribution is 6.00. The molecule has 3 aliphatic rings. The number of imidazole rings is 1. The van der Waals surface area contributed by atoms with Crippen LogP contribution in [0.1, 0.15) is 63.1 Å². The molecule has 3 fully saturated rings. The van der Waals surface area contributed by atoms with Gasteiger partial charge in [-0.25, -0.2) is 9.78 Å². The molecule has 4 N–H and O–H groups in total. The van der Waals surface area contributed by atoms with Crippen LogP contribution in [0.4, 0.5) is 11.6 Å². The van der Waals surface area contributed by atoms with E-state index in [9.17, 15) is 19.5 Å². The molecule has 69 heavy (non-hydrogen) atoms. The lowest BCUT2D eigenvalue weighted by atomic mass is 9.93. The van der Waals surface area contributed by atoms with Crippen molar-refractivity contribution in [1.82, 2.24) is 38.8 Å². The molecule has 2 saturated heterocycles. The summed E-state index contributed by atoms with van der Waals surface area (Å²) in [6.07, 6.45) is 7.89. The van der Waals surface area contributed by atoms with Gasteiger partial charge in [-0.2, -0.15) is 4.98 Å². The van der Waals surface area contributed by atoms with Crippen LogP contribution < -0.4 is 21.6 Å². The Morgan fingerprint density at radius 3 is 2.22 bits per heavy atom. The monoisotopic (exact) mass is 955 g/mol. The number of benzene rings is 2. The second-order valence-corrected chi connectivity index (χ2v) is 18.4. The van der Waals surface area contributed by atoms with Crippen molar-refractivity contribution in [1.29, 1.82) is 0 Å². The molecule has 2 aromatic carbocycles. The second kappa shape index (κ2) is 24.5. The molecule has 2 amide bonds. The number of ether oxygens (including phenoxy) is 5. The van der Waals surface area contributed by atoms with Gasteiger partial charge in [-0.15, -0.1) is 0 Å². The summed E-state index contributed by atoms with van der Waals surface area (Å²) in [5.41, 5.74) is 6.27. The van der Waals surface area contributed by atoms with E-state index in [-0.39, 0.29) is 42.6 Å². The molecule has 2 aliphatic heterocycles. The number of amides is 2.